The summed E-state index contributed by atoms with van der Waals surface area (Å²) in [5.41, 5.74) is 7.21. The van der Waals surface area contributed by atoms with Crippen LogP contribution in [0.25, 0.3) is 0 Å². The molecule has 1 aliphatic heterocycles. The van der Waals surface area contributed by atoms with Crippen LogP contribution in [0.2, 0.25) is 0 Å². The Labute approximate surface area is 94.2 Å². The van der Waals surface area contributed by atoms with E-state index in [1.807, 2.05) is 30.1 Å². The average molecular weight is 221 g/mol. The van der Waals surface area contributed by atoms with Gasteiger partial charge in [0.1, 0.15) is 17.5 Å². The maximum atomic E-state index is 11.8. The van der Waals surface area contributed by atoms with E-state index >= 15 is 0 Å². The molecule has 0 aliphatic carbocycles. The van der Waals surface area contributed by atoms with E-state index in [9.17, 15) is 4.79 Å². The van der Waals surface area contributed by atoms with E-state index in [-0.39, 0.29) is 11.9 Å². The molecule has 0 radical (unpaired) electrons. The van der Waals surface area contributed by atoms with Crippen LogP contribution in [-0.2, 0) is 4.79 Å². The molecular formula is C11H15N3O2. The summed E-state index contributed by atoms with van der Waals surface area (Å²) in [5.74, 6) is 0.565. The summed E-state index contributed by atoms with van der Waals surface area (Å²) in [6.45, 7) is 0.291. The molecule has 1 amide bonds. The van der Waals surface area contributed by atoms with Gasteiger partial charge >= 0.3 is 0 Å². The van der Waals surface area contributed by atoms with Gasteiger partial charge in [0.2, 0.25) is 5.91 Å². The van der Waals surface area contributed by atoms with Gasteiger partial charge in [0.15, 0.2) is 0 Å². The number of carbonyl (C=O) groups excluding carboxylic acids is 1. The lowest BCUT2D eigenvalue weighted by atomic mass is 10.1. The zero-order valence-electron chi connectivity index (χ0n) is 9.36. The molecule has 0 spiro atoms. The molecule has 86 valence electrons. The van der Waals surface area contributed by atoms with Crippen molar-refractivity contribution in [1.29, 1.82) is 0 Å². The number of anilines is 2. The minimum Gasteiger partial charge on any atom is -0.494 e. The summed E-state index contributed by atoms with van der Waals surface area (Å²) in [7, 11) is 3.44. The number of likely N-dealkylation sites (N-methyl/N-ethyl adjacent to an activating group) is 1. The molecule has 0 bridgehead atoms. The molecule has 0 fully saturated rings. The van der Waals surface area contributed by atoms with Crippen molar-refractivity contribution in [1.82, 2.24) is 0 Å². The lowest BCUT2D eigenvalue weighted by Crippen LogP contribution is -2.50. The van der Waals surface area contributed by atoms with Crippen molar-refractivity contribution >= 4 is 17.3 Å². The fourth-order valence-electron chi connectivity index (χ4n) is 1.92. The van der Waals surface area contributed by atoms with Crippen molar-refractivity contribution in [2.45, 2.75) is 6.04 Å². The van der Waals surface area contributed by atoms with Gasteiger partial charge in [-0.25, -0.2) is 0 Å². The number of hydrogen-bond donors (Lipinski definition) is 2. The van der Waals surface area contributed by atoms with Crippen LogP contribution in [0.3, 0.4) is 0 Å². The summed E-state index contributed by atoms with van der Waals surface area (Å²) < 4.78 is 5.21. The Morgan fingerprint density at radius 1 is 1.56 bits per heavy atom. The van der Waals surface area contributed by atoms with Gasteiger partial charge in [0.25, 0.3) is 0 Å². The van der Waals surface area contributed by atoms with Crippen LogP contribution >= 0.6 is 0 Å². The predicted octanol–water partition coefficient (Wildman–Crippen LogP) is 0.411. The van der Waals surface area contributed by atoms with Gasteiger partial charge in [0.05, 0.1) is 12.8 Å². The van der Waals surface area contributed by atoms with E-state index in [1.165, 1.54) is 0 Å². The Morgan fingerprint density at radius 2 is 2.31 bits per heavy atom. The molecule has 1 heterocycles. The number of carbonyl (C=O) groups is 1. The van der Waals surface area contributed by atoms with E-state index in [4.69, 9.17) is 10.5 Å². The van der Waals surface area contributed by atoms with Crippen LogP contribution in [0.4, 0.5) is 11.4 Å². The molecule has 0 saturated heterocycles. The Morgan fingerprint density at radius 3 is 2.94 bits per heavy atom. The third kappa shape index (κ3) is 1.49. The van der Waals surface area contributed by atoms with E-state index in [2.05, 4.69) is 5.32 Å². The first-order chi connectivity index (χ1) is 7.69. The largest absolute Gasteiger partial charge is 0.494 e. The Bertz CT molecular complexity index is 420. The number of fused-ring (bicyclic) bond motifs is 1. The van der Waals surface area contributed by atoms with Crippen LogP contribution in [0.1, 0.15) is 0 Å². The average Bonchev–Trinajstić information content (AvgIpc) is 2.29. The highest BCUT2D eigenvalue weighted by Gasteiger charge is 2.30. The standard InChI is InChI=1S/C11H15N3O2/c1-14-7-4-3-5-9(16-2)10(7)13-11(15)8(14)6-12/h3-5,8H,6,12H2,1-2H3,(H,13,15). The molecule has 1 aromatic carbocycles. The number of benzene rings is 1. The fourth-order valence-corrected chi connectivity index (χ4v) is 1.92. The van der Waals surface area contributed by atoms with Crippen LogP contribution in [-0.4, -0.2) is 32.7 Å². The molecule has 1 aromatic rings. The molecule has 1 aliphatic rings. The normalized spacial score (nSPS) is 19.1. The van der Waals surface area contributed by atoms with Gasteiger partial charge in [-0.2, -0.15) is 0 Å². The van der Waals surface area contributed by atoms with Crippen LogP contribution in [0.5, 0.6) is 5.75 Å². The van der Waals surface area contributed by atoms with Gasteiger partial charge in [-0.05, 0) is 12.1 Å². The second kappa shape index (κ2) is 4.02. The number of nitrogens with one attached hydrogen (secondary N) is 1. The molecular weight excluding hydrogens is 206 g/mol. The Kier molecular flexibility index (Phi) is 2.70. The molecule has 1 unspecified atom stereocenters. The number of hydrogen-bond acceptors (Lipinski definition) is 4. The van der Waals surface area contributed by atoms with Crippen molar-refractivity contribution in [2.75, 3.05) is 30.9 Å². The summed E-state index contributed by atoms with van der Waals surface area (Å²) in [6, 6.07) is 5.31. The molecule has 0 saturated carbocycles. The van der Waals surface area contributed by atoms with Gasteiger partial charge in [0, 0.05) is 13.6 Å². The van der Waals surface area contributed by atoms with Crippen LogP contribution < -0.4 is 20.7 Å². The van der Waals surface area contributed by atoms with Crippen molar-refractivity contribution in [3.63, 3.8) is 0 Å². The van der Waals surface area contributed by atoms with Crippen molar-refractivity contribution < 1.29 is 9.53 Å². The number of nitrogens with two attached hydrogens (primary N) is 1. The van der Waals surface area contributed by atoms with Crippen molar-refractivity contribution in [3.8, 4) is 5.75 Å². The Balaban J connectivity index is 2.49. The van der Waals surface area contributed by atoms with E-state index in [0.717, 1.165) is 5.69 Å². The molecule has 3 N–H and O–H groups in total. The molecule has 1 atom stereocenters. The Hall–Kier alpha value is -1.75. The SMILES string of the molecule is COc1cccc2c1NC(=O)C(CN)N2C. The number of ether oxygens (including phenoxy) is 1. The van der Waals surface area contributed by atoms with Gasteiger partial charge < -0.3 is 20.7 Å². The van der Waals surface area contributed by atoms with Crippen molar-refractivity contribution in [2.24, 2.45) is 5.73 Å². The van der Waals surface area contributed by atoms with E-state index in [0.29, 0.717) is 18.0 Å². The van der Waals surface area contributed by atoms with Gasteiger partial charge in [-0.15, -0.1) is 0 Å². The van der Waals surface area contributed by atoms with Crippen molar-refractivity contribution in [3.05, 3.63) is 18.2 Å². The predicted molar refractivity (Wildman–Crippen MR) is 62.9 cm³/mol. The zero-order valence-corrected chi connectivity index (χ0v) is 9.36. The first kappa shape index (κ1) is 10.8. The highest BCUT2D eigenvalue weighted by atomic mass is 16.5. The maximum absolute atomic E-state index is 11.8. The lowest BCUT2D eigenvalue weighted by molar-refractivity contribution is -0.117. The first-order valence-corrected chi connectivity index (χ1v) is 5.09. The molecule has 16 heavy (non-hydrogen) atoms. The molecule has 2 rings (SSSR count). The third-order valence-corrected chi connectivity index (χ3v) is 2.85. The van der Waals surface area contributed by atoms with Gasteiger partial charge in [-0.3, -0.25) is 4.79 Å². The van der Waals surface area contributed by atoms with Crippen LogP contribution in [0, 0.1) is 0 Å². The molecule has 5 heteroatoms. The number of para-hydroxylation sites is 1. The molecule has 0 aromatic heterocycles. The highest BCUT2D eigenvalue weighted by Crippen LogP contribution is 2.37. The summed E-state index contributed by atoms with van der Waals surface area (Å²) in [5, 5.41) is 2.83. The second-order valence-electron chi connectivity index (χ2n) is 3.71. The highest BCUT2D eigenvalue weighted by molar-refractivity contribution is 6.05. The summed E-state index contributed by atoms with van der Waals surface area (Å²) in [4.78, 5) is 13.7. The first-order valence-electron chi connectivity index (χ1n) is 5.09. The zero-order chi connectivity index (χ0) is 11.7. The minimum absolute atomic E-state index is 0.0954. The lowest BCUT2D eigenvalue weighted by Gasteiger charge is -2.35. The minimum atomic E-state index is -0.320. The maximum Gasteiger partial charge on any atom is 0.248 e. The smallest absolute Gasteiger partial charge is 0.248 e. The van der Waals surface area contributed by atoms with Gasteiger partial charge in [-0.1, -0.05) is 6.07 Å². The van der Waals surface area contributed by atoms with E-state index in [1.54, 1.807) is 7.11 Å². The third-order valence-electron chi connectivity index (χ3n) is 2.85. The van der Waals surface area contributed by atoms with Crippen LogP contribution in [0.15, 0.2) is 18.2 Å². The number of rotatable bonds is 2. The monoisotopic (exact) mass is 221 g/mol. The number of methoxy groups -OCH3 is 1. The fraction of sp³-hybridized carbons (Fsp3) is 0.364. The quantitative estimate of drug-likeness (QED) is 0.759. The number of amides is 1. The topological polar surface area (TPSA) is 67.6 Å². The number of nitrogens with zero attached hydrogens (tertiary/aromatic N) is 1. The summed E-state index contributed by atoms with van der Waals surface area (Å²) in [6.07, 6.45) is 0. The second-order valence-corrected chi connectivity index (χ2v) is 3.71. The summed E-state index contributed by atoms with van der Waals surface area (Å²) >= 11 is 0. The molecule has 5 nitrogen and oxygen atoms in total. The van der Waals surface area contributed by atoms with E-state index < -0.39 is 0 Å².